The minimum atomic E-state index is 0. The average Bonchev–Trinajstić information content (AvgIpc) is 3.42. The summed E-state index contributed by atoms with van der Waals surface area (Å²) in [5.41, 5.74) is 0.805. The van der Waals surface area contributed by atoms with E-state index in [9.17, 15) is 0 Å². The van der Waals surface area contributed by atoms with E-state index in [0.717, 1.165) is 11.5 Å². The lowest BCUT2D eigenvalue weighted by molar-refractivity contribution is 0.577. The smallest absolute Gasteiger partial charge is 0.216 e. The number of furan rings is 1. The Hall–Kier alpha value is -2.96. The Morgan fingerprint density at radius 2 is 2.07 bits per heavy atom. The maximum atomic E-state index is 5.28. The van der Waals surface area contributed by atoms with Crippen LogP contribution in [0.4, 0.5) is 0 Å². The van der Waals surface area contributed by atoms with Crippen LogP contribution in [-0.4, -0.2) is 42.8 Å². The lowest BCUT2D eigenvalue weighted by atomic mass is 10.4. The van der Waals surface area contributed by atoms with Crippen molar-refractivity contribution >= 4 is 35.6 Å². The summed E-state index contributed by atoms with van der Waals surface area (Å²) in [5, 5.41) is 21.7. The van der Waals surface area contributed by atoms with Crippen molar-refractivity contribution < 1.29 is 4.42 Å². The third kappa shape index (κ3) is 4.24. The summed E-state index contributed by atoms with van der Waals surface area (Å²) in [5.74, 6) is 3.22. The minimum Gasteiger partial charge on any atom is -0.461 e. The van der Waals surface area contributed by atoms with E-state index in [1.165, 1.54) is 0 Å². The normalized spacial score (nSPS) is 11.4. The van der Waals surface area contributed by atoms with Gasteiger partial charge in [-0.25, -0.2) is 4.98 Å². The van der Waals surface area contributed by atoms with E-state index in [4.69, 9.17) is 4.42 Å². The molecule has 140 valence electrons. The number of hydrogen-bond donors (Lipinski definition) is 3. The van der Waals surface area contributed by atoms with Crippen molar-refractivity contribution in [2.24, 2.45) is 4.99 Å². The summed E-state index contributed by atoms with van der Waals surface area (Å²) in [6.45, 7) is 0.923. The van der Waals surface area contributed by atoms with Gasteiger partial charge in [-0.1, -0.05) is 6.07 Å². The number of pyridine rings is 1. The number of fused-ring (bicyclic) bond motifs is 1. The molecule has 0 spiro atoms. The Kier molecular flexibility index (Phi) is 6.01. The summed E-state index contributed by atoms with van der Waals surface area (Å²) in [6.07, 6.45) is 3.51. The van der Waals surface area contributed by atoms with Crippen molar-refractivity contribution in [2.45, 2.75) is 13.1 Å². The SMILES string of the molecule is CN=C(NCc1nc(-c2ccco2)n[nH]1)NCc1nnc2ccccn12.I. The summed E-state index contributed by atoms with van der Waals surface area (Å²) < 4.78 is 7.20. The molecule has 0 aliphatic heterocycles. The minimum absolute atomic E-state index is 0. The van der Waals surface area contributed by atoms with Gasteiger partial charge in [0.05, 0.1) is 19.4 Å². The number of guanidine groups is 1. The van der Waals surface area contributed by atoms with E-state index < -0.39 is 0 Å². The van der Waals surface area contributed by atoms with Crippen LogP contribution in [0.5, 0.6) is 0 Å². The lowest BCUT2D eigenvalue weighted by Gasteiger charge is -2.09. The van der Waals surface area contributed by atoms with Gasteiger partial charge < -0.3 is 15.1 Å². The van der Waals surface area contributed by atoms with Gasteiger partial charge in [0.2, 0.25) is 5.82 Å². The highest BCUT2D eigenvalue weighted by Gasteiger charge is 2.09. The summed E-state index contributed by atoms with van der Waals surface area (Å²) >= 11 is 0. The first-order valence-corrected chi connectivity index (χ1v) is 8.02. The van der Waals surface area contributed by atoms with E-state index in [2.05, 4.69) is 41.0 Å². The van der Waals surface area contributed by atoms with Gasteiger partial charge in [-0.3, -0.25) is 14.5 Å². The fraction of sp³-hybridized carbons (Fsp3) is 0.188. The summed E-state index contributed by atoms with van der Waals surface area (Å²) in [7, 11) is 1.70. The maximum Gasteiger partial charge on any atom is 0.216 e. The molecule has 4 heterocycles. The van der Waals surface area contributed by atoms with E-state index in [0.29, 0.717) is 36.5 Å². The van der Waals surface area contributed by atoms with E-state index in [-0.39, 0.29) is 24.0 Å². The van der Waals surface area contributed by atoms with Gasteiger partial charge in [0, 0.05) is 13.2 Å². The van der Waals surface area contributed by atoms with Crippen LogP contribution >= 0.6 is 24.0 Å². The molecule has 4 rings (SSSR count). The van der Waals surface area contributed by atoms with Crippen molar-refractivity contribution in [3.05, 3.63) is 54.4 Å². The number of nitrogens with one attached hydrogen (secondary N) is 3. The predicted octanol–water partition coefficient (Wildman–Crippen LogP) is 1.59. The molecule has 0 atom stereocenters. The summed E-state index contributed by atoms with van der Waals surface area (Å²) in [4.78, 5) is 8.57. The number of aromatic nitrogens is 6. The van der Waals surface area contributed by atoms with E-state index in [1.54, 1.807) is 19.4 Å². The standard InChI is InChI=1S/C16H17N9O.HI/c1-17-16(19-10-14-23-22-13-6-2-3-7-25(13)14)18-9-12-20-15(24-21-12)11-5-4-8-26-11;/h2-8H,9-10H2,1H3,(H2,17,18,19)(H,20,21,24);1H. The van der Waals surface area contributed by atoms with Gasteiger partial charge in [-0.2, -0.15) is 0 Å². The highest BCUT2D eigenvalue weighted by atomic mass is 127. The van der Waals surface area contributed by atoms with E-state index in [1.807, 2.05) is 34.9 Å². The quantitative estimate of drug-likeness (QED) is 0.226. The number of nitrogens with zero attached hydrogens (tertiary/aromatic N) is 6. The number of rotatable bonds is 5. The van der Waals surface area contributed by atoms with Crippen LogP contribution < -0.4 is 10.6 Å². The number of hydrogen-bond acceptors (Lipinski definition) is 6. The van der Waals surface area contributed by atoms with Crippen LogP contribution in [-0.2, 0) is 13.1 Å². The third-order valence-electron chi connectivity index (χ3n) is 3.72. The number of H-pyrrole nitrogens is 1. The Labute approximate surface area is 171 Å². The second-order valence-electron chi connectivity index (χ2n) is 5.41. The average molecular weight is 479 g/mol. The molecule has 0 aliphatic carbocycles. The molecule has 0 amide bonds. The molecular formula is C16H18IN9O. The van der Waals surface area contributed by atoms with Gasteiger partial charge in [-0.15, -0.1) is 39.3 Å². The zero-order valence-corrected chi connectivity index (χ0v) is 16.8. The van der Waals surface area contributed by atoms with Crippen LogP contribution in [0.3, 0.4) is 0 Å². The lowest BCUT2D eigenvalue weighted by Crippen LogP contribution is -2.37. The first-order chi connectivity index (χ1) is 12.8. The van der Waals surface area contributed by atoms with Crippen molar-refractivity contribution in [3.63, 3.8) is 0 Å². The monoisotopic (exact) mass is 479 g/mol. The molecule has 0 aromatic carbocycles. The first-order valence-electron chi connectivity index (χ1n) is 8.02. The topological polar surface area (TPSA) is 121 Å². The highest BCUT2D eigenvalue weighted by Crippen LogP contribution is 2.14. The Morgan fingerprint density at radius 1 is 1.19 bits per heavy atom. The van der Waals surface area contributed by atoms with Crippen molar-refractivity contribution in [3.8, 4) is 11.6 Å². The van der Waals surface area contributed by atoms with Gasteiger partial charge in [0.1, 0.15) is 5.82 Å². The van der Waals surface area contributed by atoms with Gasteiger partial charge in [-0.05, 0) is 24.3 Å². The van der Waals surface area contributed by atoms with Crippen LogP contribution in [0.15, 0.2) is 52.2 Å². The molecule has 0 aliphatic rings. The molecule has 0 saturated carbocycles. The van der Waals surface area contributed by atoms with Crippen LogP contribution in [0, 0.1) is 0 Å². The molecule has 27 heavy (non-hydrogen) atoms. The van der Waals surface area contributed by atoms with Crippen LogP contribution in [0.2, 0.25) is 0 Å². The molecule has 4 aromatic heterocycles. The molecule has 0 fully saturated rings. The zero-order valence-electron chi connectivity index (χ0n) is 14.5. The summed E-state index contributed by atoms with van der Waals surface area (Å²) in [6, 6.07) is 9.38. The predicted molar refractivity (Wildman–Crippen MR) is 110 cm³/mol. The fourth-order valence-corrected chi connectivity index (χ4v) is 2.45. The Balaban J connectivity index is 0.00000210. The Morgan fingerprint density at radius 3 is 2.89 bits per heavy atom. The second-order valence-corrected chi connectivity index (χ2v) is 5.41. The third-order valence-corrected chi connectivity index (χ3v) is 3.72. The fourth-order valence-electron chi connectivity index (χ4n) is 2.45. The molecule has 0 unspecified atom stereocenters. The largest absolute Gasteiger partial charge is 0.461 e. The van der Waals surface area contributed by atoms with E-state index >= 15 is 0 Å². The molecule has 0 bridgehead atoms. The number of aliphatic imine (C=N–C) groups is 1. The Bertz CT molecular complexity index is 1020. The molecule has 0 saturated heterocycles. The van der Waals surface area contributed by atoms with Crippen LogP contribution in [0.1, 0.15) is 11.6 Å². The number of aromatic amines is 1. The zero-order chi connectivity index (χ0) is 17.8. The maximum absolute atomic E-state index is 5.28. The van der Waals surface area contributed by atoms with Gasteiger partial charge in [0.15, 0.2) is 23.2 Å². The second kappa shape index (κ2) is 8.62. The molecular weight excluding hydrogens is 461 g/mol. The molecule has 10 nitrogen and oxygen atoms in total. The first kappa shape index (κ1) is 18.8. The van der Waals surface area contributed by atoms with Crippen molar-refractivity contribution in [1.29, 1.82) is 0 Å². The van der Waals surface area contributed by atoms with Crippen LogP contribution in [0.25, 0.3) is 17.2 Å². The molecule has 0 radical (unpaired) electrons. The highest BCUT2D eigenvalue weighted by molar-refractivity contribution is 14.0. The van der Waals surface area contributed by atoms with Gasteiger partial charge in [0.25, 0.3) is 0 Å². The van der Waals surface area contributed by atoms with Crippen molar-refractivity contribution in [1.82, 2.24) is 40.4 Å². The number of halogens is 1. The van der Waals surface area contributed by atoms with Gasteiger partial charge >= 0.3 is 0 Å². The molecule has 3 N–H and O–H groups in total. The molecule has 4 aromatic rings. The molecule has 11 heteroatoms. The van der Waals surface area contributed by atoms with Crippen molar-refractivity contribution in [2.75, 3.05) is 7.05 Å².